The van der Waals surface area contributed by atoms with Crippen molar-refractivity contribution in [2.75, 3.05) is 13.2 Å². The predicted octanol–water partition coefficient (Wildman–Crippen LogP) is 2.21. The van der Waals surface area contributed by atoms with Gasteiger partial charge in [-0.2, -0.15) is 0 Å². The molecular formula is C17H18N2O4S. The first-order chi connectivity index (χ1) is 11.6. The van der Waals surface area contributed by atoms with Crippen LogP contribution in [0.4, 0.5) is 0 Å². The molecule has 2 aromatic rings. The smallest absolute Gasteiger partial charge is 0.241 e. The number of aromatic nitrogens is 1. The van der Waals surface area contributed by atoms with Crippen LogP contribution >= 0.6 is 0 Å². The van der Waals surface area contributed by atoms with E-state index < -0.39 is 10.0 Å². The summed E-state index contributed by atoms with van der Waals surface area (Å²) in [6.07, 6.45) is 4.13. The van der Waals surface area contributed by atoms with Crippen LogP contribution in [0.25, 0.3) is 0 Å². The van der Waals surface area contributed by atoms with E-state index in [1.807, 2.05) is 12.1 Å². The van der Waals surface area contributed by atoms with Crippen molar-refractivity contribution >= 4 is 10.0 Å². The fraction of sp³-hybridized carbons (Fsp3) is 0.353. The maximum absolute atomic E-state index is 12.4. The molecule has 1 fully saturated rings. The number of ether oxygens (including phenoxy) is 2. The largest absolute Gasteiger partial charge is 0.486 e. The Morgan fingerprint density at radius 1 is 1.08 bits per heavy atom. The van der Waals surface area contributed by atoms with Crippen molar-refractivity contribution in [2.45, 2.75) is 30.2 Å². The number of hydrogen-bond acceptors (Lipinski definition) is 5. The molecule has 7 heteroatoms. The first-order valence-electron chi connectivity index (χ1n) is 7.96. The Kier molecular flexibility index (Phi) is 3.90. The van der Waals surface area contributed by atoms with E-state index in [1.165, 1.54) is 25.0 Å². The first kappa shape index (κ1) is 15.4. The molecule has 126 valence electrons. The average Bonchev–Trinajstić information content (AvgIpc) is 3.45. The van der Waals surface area contributed by atoms with Crippen LogP contribution in [0.2, 0.25) is 0 Å². The minimum atomic E-state index is -3.62. The Labute approximate surface area is 140 Å². The molecular weight excluding hydrogens is 328 g/mol. The molecule has 1 saturated carbocycles. The number of sulfonamides is 1. The molecule has 0 bridgehead atoms. The summed E-state index contributed by atoms with van der Waals surface area (Å²) in [5.74, 6) is 1.62. The zero-order valence-electron chi connectivity index (χ0n) is 13.1. The first-order valence-corrected chi connectivity index (χ1v) is 9.44. The highest BCUT2D eigenvalue weighted by Gasteiger charge is 2.24. The molecule has 0 spiro atoms. The van der Waals surface area contributed by atoms with Gasteiger partial charge in [-0.3, -0.25) is 4.98 Å². The number of benzene rings is 1. The van der Waals surface area contributed by atoms with Gasteiger partial charge in [-0.1, -0.05) is 6.07 Å². The molecule has 1 aliphatic carbocycles. The number of nitrogens with one attached hydrogen (secondary N) is 1. The summed E-state index contributed by atoms with van der Waals surface area (Å²) in [6, 6.07) is 8.53. The van der Waals surface area contributed by atoms with E-state index in [4.69, 9.17) is 9.47 Å². The second-order valence-electron chi connectivity index (χ2n) is 6.00. The summed E-state index contributed by atoms with van der Waals surface area (Å²) in [6.45, 7) is 1.10. The van der Waals surface area contributed by atoms with Crippen LogP contribution in [0, 0.1) is 0 Å². The number of hydrogen-bond donors (Lipinski definition) is 1. The lowest BCUT2D eigenvalue weighted by Crippen LogP contribution is -2.24. The van der Waals surface area contributed by atoms with Crippen molar-refractivity contribution in [1.82, 2.24) is 9.71 Å². The minimum absolute atomic E-state index is 0.161. The monoisotopic (exact) mass is 346 g/mol. The van der Waals surface area contributed by atoms with Gasteiger partial charge in [0.25, 0.3) is 0 Å². The van der Waals surface area contributed by atoms with Gasteiger partial charge < -0.3 is 9.47 Å². The quantitative estimate of drug-likeness (QED) is 0.898. The molecule has 1 N–H and O–H groups in total. The van der Waals surface area contributed by atoms with Gasteiger partial charge in [0.1, 0.15) is 13.2 Å². The topological polar surface area (TPSA) is 77.5 Å². The number of fused-ring (bicyclic) bond motifs is 1. The van der Waals surface area contributed by atoms with Gasteiger partial charge in [-0.25, -0.2) is 13.1 Å². The zero-order valence-corrected chi connectivity index (χ0v) is 13.9. The summed E-state index contributed by atoms with van der Waals surface area (Å²) in [5.41, 5.74) is 1.92. The maximum Gasteiger partial charge on any atom is 0.241 e. The molecule has 4 rings (SSSR count). The molecule has 6 nitrogen and oxygen atoms in total. The highest BCUT2D eigenvalue weighted by atomic mass is 32.2. The van der Waals surface area contributed by atoms with Crippen molar-refractivity contribution in [3.05, 3.63) is 47.8 Å². The molecule has 0 unspecified atom stereocenters. The lowest BCUT2D eigenvalue weighted by atomic mass is 10.2. The third-order valence-electron chi connectivity index (χ3n) is 4.13. The molecule has 24 heavy (non-hydrogen) atoms. The van der Waals surface area contributed by atoms with E-state index in [1.54, 1.807) is 12.3 Å². The average molecular weight is 346 g/mol. The Morgan fingerprint density at radius 3 is 2.58 bits per heavy atom. The van der Waals surface area contributed by atoms with Crippen LogP contribution in [-0.4, -0.2) is 26.6 Å². The lowest BCUT2D eigenvalue weighted by Gasteiger charge is -2.18. The summed E-state index contributed by atoms with van der Waals surface area (Å²) in [4.78, 5) is 4.56. The number of nitrogens with zero attached hydrogens (tertiary/aromatic N) is 1. The molecule has 1 aromatic heterocycles. The van der Waals surface area contributed by atoms with Gasteiger partial charge in [0.2, 0.25) is 10.0 Å². The predicted molar refractivity (Wildman–Crippen MR) is 87.7 cm³/mol. The van der Waals surface area contributed by atoms with Gasteiger partial charge in [0.15, 0.2) is 11.5 Å². The second-order valence-corrected chi connectivity index (χ2v) is 7.76. The molecule has 0 saturated heterocycles. The van der Waals surface area contributed by atoms with Crippen LogP contribution in [-0.2, 0) is 16.6 Å². The van der Waals surface area contributed by atoms with Gasteiger partial charge in [-0.15, -0.1) is 0 Å². The third-order valence-corrected chi connectivity index (χ3v) is 5.53. The van der Waals surface area contributed by atoms with Gasteiger partial charge in [0, 0.05) is 30.4 Å². The molecule has 2 aliphatic rings. The Balaban J connectivity index is 1.46. The number of pyridine rings is 1. The normalized spacial score (nSPS) is 16.8. The molecule has 0 radical (unpaired) electrons. The van der Waals surface area contributed by atoms with Crippen molar-refractivity contribution in [3.8, 4) is 11.5 Å². The Bertz CT molecular complexity index is 845. The van der Waals surface area contributed by atoms with Crippen molar-refractivity contribution < 1.29 is 17.9 Å². The second kappa shape index (κ2) is 6.07. The van der Waals surface area contributed by atoms with Crippen molar-refractivity contribution in [1.29, 1.82) is 0 Å². The summed E-state index contributed by atoms with van der Waals surface area (Å²) < 4.78 is 38.3. The van der Waals surface area contributed by atoms with Crippen LogP contribution < -0.4 is 14.2 Å². The molecule has 2 heterocycles. The Morgan fingerprint density at radius 2 is 1.88 bits per heavy atom. The lowest BCUT2D eigenvalue weighted by molar-refractivity contribution is 0.171. The fourth-order valence-corrected chi connectivity index (χ4v) is 3.65. The SMILES string of the molecule is O=S(=O)(NCc1ccc(C2CC2)nc1)c1ccc2c(c1)OCCO2. The van der Waals surface area contributed by atoms with E-state index in [0.717, 1.165) is 11.3 Å². The molecule has 1 aliphatic heterocycles. The molecule has 0 atom stereocenters. The van der Waals surface area contributed by atoms with Crippen molar-refractivity contribution in [2.24, 2.45) is 0 Å². The fourth-order valence-electron chi connectivity index (χ4n) is 2.61. The van der Waals surface area contributed by atoms with E-state index in [9.17, 15) is 8.42 Å². The van der Waals surface area contributed by atoms with E-state index in [2.05, 4.69) is 9.71 Å². The van der Waals surface area contributed by atoms with E-state index >= 15 is 0 Å². The minimum Gasteiger partial charge on any atom is -0.486 e. The highest BCUT2D eigenvalue weighted by molar-refractivity contribution is 7.89. The highest BCUT2D eigenvalue weighted by Crippen LogP contribution is 2.38. The van der Waals surface area contributed by atoms with Crippen LogP contribution in [0.1, 0.15) is 30.0 Å². The summed E-state index contributed by atoms with van der Waals surface area (Å²) >= 11 is 0. The Hall–Kier alpha value is -2.12. The van der Waals surface area contributed by atoms with Gasteiger partial charge >= 0.3 is 0 Å². The van der Waals surface area contributed by atoms with Gasteiger partial charge in [-0.05, 0) is 36.6 Å². The van der Waals surface area contributed by atoms with Crippen LogP contribution in [0.3, 0.4) is 0 Å². The van der Waals surface area contributed by atoms with E-state index in [0.29, 0.717) is 30.6 Å². The van der Waals surface area contributed by atoms with Gasteiger partial charge in [0.05, 0.1) is 4.90 Å². The number of rotatable bonds is 5. The standard InChI is InChI=1S/C17H18N2O4S/c20-24(21,14-4-6-16-17(9-14)23-8-7-22-16)19-11-12-1-5-15(18-10-12)13-2-3-13/h1,4-6,9-10,13,19H,2-3,7-8,11H2. The molecule has 0 amide bonds. The van der Waals surface area contributed by atoms with E-state index in [-0.39, 0.29) is 11.4 Å². The molecule has 1 aromatic carbocycles. The van der Waals surface area contributed by atoms with Crippen molar-refractivity contribution in [3.63, 3.8) is 0 Å². The van der Waals surface area contributed by atoms with Crippen LogP contribution in [0.15, 0.2) is 41.4 Å². The van der Waals surface area contributed by atoms with Crippen LogP contribution in [0.5, 0.6) is 11.5 Å². The zero-order chi connectivity index (χ0) is 16.6. The summed E-state index contributed by atoms with van der Waals surface area (Å²) in [5, 5.41) is 0. The maximum atomic E-state index is 12.4. The summed E-state index contributed by atoms with van der Waals surface area (Å²) in [7, 11) is -3.62. The third kappa shape index (κ3) is 3.22.